The molecule has 23 heavy (non-hydrogen) atoms. The molecule has 2 aromatic carbocycles. The first kappa shape index (κ1) is 16.8. The molecule has 2 aromatic rings. The molecule has 122 valence electrons. The molecule has 6 nitrogen and oxygen atoms in total. The van der Waals surface area contributed by atoms with E-state index in [4.69, 9.17) is 4.74 Å². The van der Waals surface area contributed by atoms with Crippen LogP contribution in [0.25, 0.3) is 0 Å². The van der Waals surface area contributed by atoms with Crippen molar-refractivity contribution in [2.75, 3.05) is 23.4 Å². The van der Waals surface area contributed by atoms with Crippen molar-refractivity contribution in [3.05, 3.63) is 54.1 Å². The largest absolute Gasteiger partial charge is 0.496 e. The van der Waals surface area contributed by atoms with Gasteiger partial charge in [0.25, 0.3) is 0 Å². The second kappa shape index (κ2) is 7.15. The van der Waals surface area contributed by atoms with Crippen LogP contribution < -0.4 is 14.8 Å². The smallest absolute Gasteiger partial charge is 0.229 e. The van der Waals surface area contributed by atoms with Gasteiger partial charge in [-0.1, -0.05) is 30.3 Å². The van der Waals surface area contributed by atoms with Gasteiger partial charge in [0.05, 0.1) is 31.2 Å². The maximum Gasteiger partial charge on any atom is 0.229 e. The Labute approximate surface area is 135 Å². The SMILES string of the molecule is COc1ccccc1CC(=O)Nc1ccccc1NS(C)(=O)=O. The summed E-state index contributed by atoms with van der Waals surface area (Å²) >= 11 is 0. The number of ether oxygens (including phenoxy) is 1. The average Bonchev–Trinajstić information content (AvgIpc) is 2.48. The quantitative estimate of drug-likeness (QED) is 0.848. The molecule has 0 atom stereocenters. The standard InChI is InChI=1S/C16H18N2O4S/c1-22-15-10-6-3-7-12(15)11-16(19)17-13-8-4-5-9-14(13)18-23(2,20)21/h3-10,18H,11H2,1-2H3,(H,17,19). The van der Waals surface area contributed by atoms with Crippen LogP contribution in [0.3, 0.4) is 0 Å². The molecule has 0 spiro atoms. The van der Waals surface area contributed by atoms with Crippen molar-refractivity contribution >= 4 is 27.3 Å². The molecule has 0 bridgehead atoms. The Balaban J connectivity index is 2.15. The summed E-state index contributed by atoms with van der Waals surface area (Å²) in [4.78, 5) is 12.2. The van der Waals surface area contributed by atoms with E-state index in [2.05, 4.69) is 10.0 Å². The van der Waals surface area contributed by atoms with Crippen LogP contribution in [0.1, 0.15) is 5.56 Å². The highest BCUT2D eigenvalue weighted by molar-refractivity contribution is 7.92. The molecule has 0 radical (unpaired) electrons. The van der Waals surface area contributed by atoms with Gasteiger partial charge in [0, 0.05) is 5.56 Å². The van der Waals surface area contributed by atoms with Crippen molar-refractivity contribution < 1.29 is 17.9 Å². The summed E-state index contributed by atoms with van der Waals surface area (Å²) in [5.41, 5.74) is 1.47. The molecule has 0 saturated carbocycles. The molecule has 0 heterocycles. The van der Waals surface area contributed by atoms with Crippen LogP contribution >= 0.6 is 0 Å². The van der Waals surface area contributed by atoms with E-state index in [-0.39, 0.29) is 12.3 Å². The monoisotopic (exact) mass is 334 g/mol. The lowest BCUT2D eigenvalue weighted by molar-refractivity contribution is -0.115. The molecule has 2 N–H and O–H groups in total. The summed E-state index contributed by atoms with van der Waals surface area (Å²) < 4.78 is 30.3. The van der Waals surface area contributed by atoms with E-state index in [1.165, 1.54) is 0 Å². The van der Waals surface area contributed by atoms with Crippen LogP contribution in [0.2, 0.25) is 0 Å². The van der Waals surface area contributed by atoms with Gasteiger partial charge < -0.3 is 10.1 Å². The summed E-state index contributed by atoms with van der Waals surface area (Å²) in [6.07, 6.45) is 1.18. The van der Waals surface area contributed by atoms with Crippen LogP contribution in [0, 0.1) is 0 Å². The summed E-state index contributed by atoms with van der Waals surface area (Å²) in [6, 6.07) is 13.8. The number of carbonyl (C=O) groups excluding carboxylic acids is 1. The van der Waals surface area contributed by atoms with E-state index in [9.17, 15) is 13.2 Å². The number of rotatable bonds is 6. The molecule has 7 heteroatoms. The molecular weight excluding hydrogens is 316 g/mol. The van der Waals surface area contributed by atoms with E-state index in [0.29, 0.717) is 17.1 Å². The van der Waals surface area contributed by atoms with Crippen molar-refractivity contribution in [3.8, 4) is 5.75 Å². The third-order valence-electron chi connectivity index (χ3n) is 3.04. The zero-order valence-electron chi connectivity index (χ0n) is 12.9. The minimum absolute atomic E-state index is 0.122. The molecule has 0 aliphatic carbocycles. The second-order valence-electron chi connectivity index (χ2n) is 4.96. The van der Waals surface area contributed by atoms with Gasteiger partial charge in [-0.25, -0.2) is 8.42 Å². The molecule has 0 aliphatic heterocycles. The number of anilines is 2. The molecule has 0 fully saturated rings. The zero-order chi connectivity index (χ0) is 16.9. The topological polar surface area (TPSA) is 84.5 Å². The highest BCUT2D eigenvalue weighted by Crippen LogP contribution is 2.23. The van der Waals surface area contributed by atoms with E-state index < -0.39 is 10.0 Å². The van der Waals surface area contributed by atoms with Gasteiger partial charge in [-0.3, -0.25) is 9.52 Å². The minimum atomic E-state index is -3.43. The van der Waals surface area contributed by atoms with Gasteiger partial charge in [-0.15, -0.1) is 0 Å². The first-order chi connectivity index (χ1) is 10.9. The molecular formula is C16H18N2O4S. The van der Waals surface area contributed by atoms with Crippen LogP contribution in [0.5, 0.6) is 5.75 Å². The minimum Gasteiger partial charge on any atom is -0.496 e. The van der Waals surface area contributed by atoms with Crippen molar-refractivity contribution in [3.63, 3.8) is 0 Å². The lowest BCUT2D eigenvalue weighted by Gasteiger charge is -2.12. The Morgan fingerprint density at radius 2 is 1.65 bits per heavy atom. The maximum atomic E-state index is 12.2. The zero-order valence-corrected chi connectivity index (χ0v) is 13.7. The number of para-hydroxylation sites is 3. The van der Waals surface area contributed by atoms with Crippen LogP contribution in [0.15, 0.2) is 48.5 Å². The Morgan fingerprint density at radius 1 is 1.04 bits per heavy atom. The van der Waals surface area contributed by atoms with Gasteiger partial charge in [-0.2, -0.15) is 0 Å². The number of carbonyl (C=O) groups is 1. The van der Waals surface area contributed by atoms with E-state index >= 15 is 0 Å². The number of nitrogens with one attached hydrogen (secondary N) is 2. The first-order valence-electron chi connectivity index (χ1n) is 6.87. The average molecular weight is 334 g/mol. The van der Waals surface area contributed by atoms with Crippen molar-refractivity contribution in [1.29, 1.82) is 0 Å². The van der Waals surface area contributed by atoms with Crippen LogP contribution in [0.4, 0.5) is 11.4 Å². The number of benzene rings is 2. The third-order valence-corrected chi connectivity index (χ3v) is 3.63. The Hall–Kier alpha value is -2.54. The Kier molecular flexibility index (Phi) is 5.23. The molecule has 0 aliphatic rings. The lowest BCUT2D eigenvalue weighted by atomic mass is 10.1. The van der Waals surface area contributed by atoms with Gasteiger partial charge in [0.15, 0.2) is 0 Å². The van der Waals surface area contributed by atoms with E-state index in [1.54, 1.807) is 43.5 Å². The fourth-order valence-electron chi connectivity index (χ4n) is 2.10. The normalized spacial score (nSPS) is 10.9. The summed E-state index contributed by atoms with van der Waals surface area (Å²) in [7, 11) is -1.88. The van der Waals surface area contributed by atoms with Gasteiger partial charge in [-0.05, 0) is 18.2 Å². The summed E-state index contributed by atoms with van der Waals surface area (Å²) in [5.74, 6) is 0.363. The second-order valence-corrected chi connectivity index (χ2v) is 6.71. The number of hydrogen-bond donors (Lipinski definition) is 2. The molecule has 0 aromatic heterocycles. The molecule has 2 rings (SSSR count). The summed E-state index contributed by atoms with van der Waals surface area (Å²) in [5, 5.41) is 2.71. The maximum absolute atomic E-state index is 12.2. The van der Waals surface area contributed by atoms with Gasteiger partial charge in [0.1, 0.15) is 5.75 Å². The molecule has 1 amide bonds. The number of sulfonamides is 1. The van der Waals surface area contributed by atoms with Crippen LogP contribution in [-0.2, 0) is 21.2 Å². The predicted octanol–water partition coefficient (Wildman–Crippen LogP) is 2.25. The van der Waals surface area contributed by atoms with E-state index in [0.717, 1.165) is 11.8 Å². The number of methoxy groups -OCH3 is 1. The molecule has 0 saturated heterocycles. The lowest BCUT2D eigenvalue weighted by Crippen LogP contribution is -2.17. The molecule has 0 unspecified atom stereocenters. The highest BCUT2D eigenvalue weighted by Gasteiger charge is 2.12. The van der Waals surface area contributed by atoms with Crippen LogP contribution in [-0.4, -0.2) is 27.7 Å². The van der Waals surface area contributed by atoms with Crippen molar-refractivity contribution in [2.45, 2.75) is 6.42 Å². The predicted molar refractivity (Wildman–Crippen MR) is 90.2 cm³/mol. The number of hydrogen-bond acceptors (Lipinski definition) is 4. The Bertz CT molecular complexity index is 803. The Morgan fingerprint density at radius 3 is 2.30 bits per heavy atom. The third kappa shape index (κ3) is 5.00. The fourth-order valence-corrected chi connectivity index (χ4v) is 2.67. The van der Waals surface area contributed by atoms with E-state index in [1.807, 2.05) is 12.1 Å². The van der Waals surface area contributed by atoms with Crippen molar-refractivity contribution in [1.82, 2.24) is 0 Å². The first-order valence-corrected chi connectivity index (χ1v) is 8.77. The number of amides is 1. The summed E-state index contributed by atoms with van der Waals surface area (Å²) in [6.45, 7) is 0. The highest BCUT2D eigenvalue weighted by atomic mass is 32.2. The van der Waals surface area contributed by atoms with Gasteiger partial charge in [0.2, 0.25) is 15.9 Å². The van der Waals surface area contributed by atoms with Crippen molar-refractivity contribution in [2.24, 2.45) is 0 Å². The van der Waals surface area contributed by atoms with Gasteiger partial charge >= 0.3 is 0 Å². The fraction of sp³-hybridized carbons (Fsp3) is 0.188.